The lowest BCUT2D eigenvalue weighted by Gasteiger charge is -2.21. The normalized spacial score (nSPS) is 10.7. The molecule has 27 heavy (non-hydrogen) atoms. The van der Waals surface area contributed by atoms with E-state index in [4.69, 9.17) is 0 Å². The van der Waals surface area contributed by atoms with Crippen molar-refractivity contribution in [1.29, 1.82) is 0 Å². The molecule has 3 aromatic rings. The molecule has 2 amide bonds. The van der Waals surface area contributed by atoms with Gasteiger partial charge in [0.15, 0.2) is 0 Å². The maximum atomic E-state index is 13.2. The lowest BCUT2D eigenvalue weighted by Crippen LogP contribution is -2.41. The van der Waals surface area contributed by atoms with Crippen LogP contribution in [0.1, 0.15) is 29.9 Å². The zero-order valence-electron chi connectivity index (χ0n) is 15.8. The predicted octanol–water partition coefficient (Wildman–Crippen LogP) is 3.29. The van der Waals surface area contributed by atoms with Gasteiger partial charge in [0.05, 0.1) is 6.54 Å². The summed E-state index contributed by atoms with van der Waals surface area (Å²) in [6, 6.07) is 20.0. The summed E-state index contributed by atoms with van der Waals surface area (Å²) < 4.78 is 2.04. The third-order valence-corrected chi connectivity index (χ3v) is 4.59. The van der Waals surface area contributed by atoms with Crippen molar-refractivity contribution in [1.82, 2.24) is 14.8 Å². The summed E-state index contributed by atoms with van der Waals surface area (Å²) >= 11 is 0. The van der Waals surface area contributed by atoms with E-state index in [2.05, 4.69) is 17.4 Å². The van der Waals surface area contributed by atoms with Crippen LogP contribution in [0, 0.1) is 0 Å². The van der Waals surface area contributed by atoms with Crippen molar-refractivity contribution in [2.24, 2.45) is 0 Å². The average molecular weight is 363 g/mol. The van der Waals surface area contributed by atoms with Gasteiger partial charge in [-0.15, -0.1) is 0 Å². The molecule has 140 valence electrons. The number of nitrogens with zero attached hydrogens (tertiary/aromatic N) is 2. The molecule has 5 heteroatoms. The lowest BCUT2D eigenvalue weighted by atomic mass is 10.2. The Labute approximate surface area is 159 Å². The highest BCUT2D eigenvalue weighted by Gasteiger charge is 2.22. The van der Waals surface area contributed by atoms with Crippen molar-refractivity contribution < 1.29 is 9.59 Å². The van der Waals surface area contributed by atoms with Gasteiger partial charge in [-0.2, -0.15) is 0 Å². The third-order valence-electron chi connectivity index (χ3n) is 4.59. The molecule has 0 saturated heterocycles. The number of carbonyl (C=O) groups excluding carboxylic acids is 2. The van der Waals surface area contributed by atoms with Gasteiger partial charge in [0.1, 0.15) is 5.69 Å². The number of hydrogen-bond donors (Lipinski definition) is 1. The molecule has 5 nitrogen and oxygen atoms in total. The van der Waals surface area contributed by atoms with E-state index in [1.807, 2.05) is 66.9 Å². The Bertz CT molecular complexity index is 931. The number of para-hydroxylation sites is 1. The minimum atomic E-state index is -0.140. The highest BCUT2D eigenvalue weighted by Crippen LogP contribution is 2.22. The fourth-order valence-corrected chi connectivity index (χ4v) is 3.24. The average Bonchev–Trinajstić information content (AvgIpc) is 3.05. The first-order chi connectivity index (χ1) is 13.1. The Kier molecular flexibility index (Phi) is 5.91. The molecule has 0 aliphatic carbocycles. The van der Waals surface area contributed by atoms with Crippen LogP contribution in [0.25, 0.3) is 10.9 Å². The van der Waals surface area contributed by atoms with Crippen molar-refractivity contribution in [2.45, 2.75) is 20.4 Å². The van der Waals surface area contributed by atoms with E-state index in [9.17, 15) is 9.59 Å². The molecule has 0 bridgehead atoms. The van der Waals surface area contributed by atoms with Gasteiger partial charge in [0.2, 0.25) is 5.91 Å². The number of rotatable bonds is 7. The van der Waals surface area contributed by atoms with Gasteiger partial charge < -0.3 is 14.8 Å². The van der Waals surface area contributed by atoms with Crippen LogP contribution in [0.15, 0.2) is 60.7 Å². The van der Waals surface area contributed by atoms with Crippen molar-refractivity contribution >= 4 is 22.7 Å². The number of hydrogen-bond acceptors (Lipinski definition) is 2. The second kappa shape index (κ2) is 8.54. The van der Waals surface area contributed by atoms with Gasteiger partial charge >= 0.3 is 0 Å². The quantitative estimate of drug-likeness (QED) is 0.700. The third kappa shape index (κ3) is 4.19. The lowest BCUT2D eigenvalue weighted by molar-refractivity contribution is -0.121. The van der Waals surface area contributed by atoms with E-state index in [1.165, 1.54) is 0 Å². The summed E-state index contributed by atoms with van der Waals surface area (Å²) in [7, 11) is 0. The molecular weight excluding hydrogens is 338 g/mol. The Balaban J connectivity index is 1.98. The van der Waals surface area contributed by atoms with Crippen LogP contribution in [0.4, 0.5) is 0 Å². The van der Waals surface area contributed by atoms with E-state index in [1.54, 1.807) is 4.90 Å². The summed E-state index contributed by atoms with van der Waals surface area (Å²) in [5.41, 5.74) is 2.74. The summed E-state index contributed by atoms with van der Waals surface area (Å²) in [5, 5.41) is 3.78. The number of amides is 2. The first-order valence-corrected chi connectivity index (χ1v) is 9.32. The summed E-state index contributed by atoms with van der Waals surface area (Å²) in [6.45, 7) is 5.46. The number of likely N-dealkylation sites (N-methyl/N-ethyl adjacent to an activating group) is 2. The second-order valence-corrected chi connectivity index (χ2v) is 6.43. The van der Waals surface area contributed by atoms with Crippen LogP contribution >= 0.6 is 0 Å². The Morgan fingerprint density at radius 3 is 2.41 bits per heavy atom. The van der Waals surface area contributed by atoms with E-state index >= 15 is 0 Å². The highest BCUT2D eigenvalue weighted by atomic mass is 16.2. The Hall–Kier alpha value is -3.08. The molecule has 1 aromatic heterocycles. The van der Waals surface area contributed by atoms with Crippen LogP contribution in [0.5, 0.6) is 0 Å². The molecule has 1 heterocycles. The molecule has 0 fully saturated rings. The van der Waals surface area contributed by atoms with Crippen LogP contribution in [-0.4, -0.2) is 40.9 Å². The molecule has 3 rings (SSSR count). The van der Waals surface area contributed by atoms with Crippen molar-refractivity contribution in [3.8, 4) is 0 Å². The van der Waals surface area contributed by atoms with Crippen LogP contribution in [0.3, 0.4) is 0 Å². The monoisotopic (exact) mass is 363 g/mol. The van der Waals surface area contributed by atoms with E-state index in [-0.39, 0.29) is 18.4 Å². The maximum Gasteiger partial charge on any atom is 0.270 e. The second-order valence-electron chi connectivity index (χ2n) is 6.43. The van der Waals surface area contributed by atoms with Crippen LogP contribution < -0.4 is 5.32 Å². The van der Waals surface area contributed by atoms with Gasteiger partial charge in [-0.25, -0.2) is 0 Å². The predicted molar refractivity (Wildman–Crippen MR) is 108 cm³/mol. The van der Waals surface area contributed by atoms with Crippen molar-refractivity contribution in [3.63, 3.8) is 0 Å². The van der Waals surface area contributed by atoms with E-state index in [0.717, 1.165) is 16.5 Å². The van der Waals surface area contributed by atoms with Crippen molar-refractivity contribution in [3.05, 3.63) is 71.9 Å². The highest BCUT2D eigenvalue weighted by molar-refractivity contribution is 6.00. The number of fused-ring (bicyclic) bond motifs is 1. The minimum Gasteiger partial charge on any atom is -0.355 e. The first-order valence-electron chi connectivity index (χ1n) is 9.32. The molecular formula is C22H25N3O2. The summed E-state index contributed by atoms with van der Waals surface area (Å²) in [5.74, 6) is -0.269. The topological polar surface area (TPSA) is 54.3 Å². The minimum absolute atomic E-state index is 0.0655. The van der Waals surface area contributed by atoms with Gasteiger partial charge in [-0.05, 0) is 31.5 Å². The van der Waals surface area contributed by atoms with Crippen LogP contribution in [-0.2, 0) is 11.3 Å². The molecule has 1 N–H and O–H groups in total. The molecule has 0 unspecified atom stereocenters. The summed E-state index contributed by atoms with van der Waals surface area (Å²) in [6.07, 6.45) is 0. The van der Waals surface area contributed by atoms with Gasteiger partial charge in [-0.3, -0.25) is 9.59 Å². The zero-order chi connectivity index (χ0) is 19.2. The Morgan fingerprint density at radius 1 is 1.00 bits per heavy atom. The molecule has 0 radical (unpaired) electrons. The molecule has 0 aliphatic rings. The molecule has 2 aromatic carbocycles. The fourth-order valence-electron chi connectivity index (χ4n) is 3.24. The molecule has 0 atom stereocenters. The van der Waals surface area contributed by atoms with Gasteiger partial charge in [0, 0.05) is 30.5 Å². The molecule has 0 saturated carbocycles. The zero-order valence-corrected chi connectivity index (χ0v) is 15.8. The molecule has 0 spiro atoms. The van der Waals surface area contributed by atoms with E-state index in [0.29, 0.717) is 25.3 Å². The number of nitrogens with one attached hydrogen (secondary N) is 1. The number of benzene rings is 2. The van der Waals surface area contributed by atoms with Gasteiger partial charge in [-0.1, -0.05) is 48.5 Å². The standard InChI is InChI=1S/C22H25N3O2/c1-3-23-21(26)16-24(4-2)22(27)20-14-18-12-8-9-13-19(18)25(20)15-17-10-6-5-7-11-17/h5-14H,3-4,15-16H2,1-2H3,(H,23,26). The number of aromatic nitrogens is 1. The fraction of sp³-hybridized carbons (Fsp3) is 0.273. The molecule has 0 aliphatic heterocycles. The Morgan fingerprint density at radius 2 is 1.70 bits per heavy atom. The SMILES string of the molecule is CCNC(=O)CN(CC)C(=O)c1cc2ccccc2n1Cc1ccccc1. The van der Waals surface area contributed by atoms with Crippen LogP contribution in [0.2, 0.25) is 0 Å². The number of carbonyl (C=O) groups is 2. The maximum absolute atomic E-state index is 13.2. The van der Waals surface area contributed by atoms with E-state index < -0.39 is 0 Å². The smallest absolute Gasteiger partial charge is 0.270 e. The van der Waals surface area contributed by atoms with Crippen molar-refractivity contribution in [2.75, 3.05) is 19.6 Å². The largest absolute Gasteiger partial charge is 0.355 e. The summed E-state index contributed by atoms with van der Waals surface area (Å²) in [4.78, 5) is 26.8. The first kappa shape index (κ1) is 18.7. The van der Waals surface area contributed by atoms with Gasteiger partial charge in [0.25, 0.3) is 5.91 Å².